The third-order valence-electron chi connectivity index (χ3n) is 6.62. The molecule has 4 atom stereocenters. The van der Waals surface area contributed by atoms with Crippen molar-refractivity contribution in [2.75, 3.05) is 6.61 Å². The molecule has 0 bridgehead atoms. The Hall–Kier alpha value is -1.96. The van der Waals surface area contributed by atoms with Gasteiger partial charge in [-0.1, -0.05) is 30.3 Å². The van der Waals surface area contributed by atoms with Crippen molar-refractivity contribution in [3.8, 4) is 11.4 Å². The predicted molar refractivity (Wildman–Crippen MR) is 110 cm³/mol. The lowest BCUT2D eigenvalue weighted by Gasteiger charge is -2.33. The highest BCUT2D eigenvalue weighted by atomic mass is 19.3. The highest BCUT2D eigenvalue weighted by molar-refractivity contribution is 5.54. The monoisotopic (exact) mass is 417 g/mol. The molecule has 1 aromatic carbocycles. The Morgan fingerprint density at radius 2 is 1.80 bits per heavy atom. The first kappa shape index (κ1) is 21.3. The van der Waals surface area contributed by atoms with Crippen LogP contribution >= 0.6 is 0 Å². The van der Waals surface area contributed by atoms with E-state index in [1.807, 2.05) is 36.4 Å². The molecule has 4 rings (SSSR count). The molecule has 2 aromatic rings. The lowest BCUT2D eigenvalue weighted by molar-refractivity contribution is -0.0417. The van der Waals surface area contributed by atoms with E-state index >= 15 is 0 Å². The maximum atomic E-state index is 13.5. The minimum absolute atomic E-state index is 0.0204. The van der Waals surface area contributed by atoms with Gasteiger partial charge >= 0.3 is 0 Å². The summed E-state index contributed by atoms with van der Waals surface area (Å²) in [5.74, 6) is -2.20. The molecule has 0 amide bonds. The van der Waals surface area contributed by atoms with Crippen molar-refractivity contribution in [2.45, 2.75) is 62.6 Å². The normalized spacial score (nSPS) is 29.2. The summed E-state index contributed by atoms with van der Waals surface area (Å²) in [5, 5.41) is 23.9. The standard InChI is InChI=1S/C23H29F2N3O2/c24-23(25)9-6-16(7-10-23)27-20-13-21(30)19(14-29)18(20)12-17-8-11-26-22(28-17)15-4-2-1-3-5-15/h1-5,8,11,16,18-21,27,29-30H,6-7,9-10,12-14H2. The molecule has 2 aliphatic rings. The first-order valence-electron chi connectivity index (χ1n) is 10.8. The van der Waals surface area contributed by atoms with E-state index in [0.29, 0.717) is 31.5 Å². The van der Waals surface area contributed by atoms with Crippen LogP contribution in [0.25, 0.3) is 11.4 Å². The van der Waals surface area contributed by atoms with E-state index in [1.165, 1.54) is 0 Å². The van der Waals surface area contributed by atoms with Crippen LogP contribution in [0.2, 0.25) is 0 Å². The average Bonchev–Trinajstić information content (AvgIpc) is 3.04. The Balaban J connectivity index is 1.49. The number of nitrogens with one attached hydrogen (secondary N) is 1. The largest absolute Gasteiger partial charge is 0.396 e. The Morgan fingerprint density at radius 3 is 2.50 bits per heavy atom. The van der Waals surface area contributed by atoms with Gasteiger partial charge in [0.2, 0.25) is 5.92 Å². The number of rotatable bonds is 6. The van der Waals surface area contributed by atoms with E-state index < -0.39 is 12.0 Å². The maximum Gasteiger partial charge on any atom is 0.248 e. The summed E-state index contributed by atoms with van der Waals surface area (Å²) >= 11 is 0. The number of halogens is 2. The SMILES string of the molecule is OCC1C(O)CC(NC2CCC(F)(F)CC2)C1Cc1ccnc(-c2ccccc2)n1. The molecule has 7 heteroatoms. The van der Waals surface area contributed by atoms with Crippen molar-refractivity contribution in [1.82, 2.24) is 15.3 Å². The Labute approximate surface area is 175 Å². The molecule has 3 N–H and O–H groups in total. The molecule has 162 valence electrons. The van der Waals surface area contributed by atoms with E-state index in [9.17, 15) is 19.0 Å². The second-order valence-corrected chi connectivity index (χ2v) is 8.66. The van der Waals surface area contributed by atoms with Gasteiger partial charge in [-0.3, -0.25) is 0 Å². The van der Waals surface area contributed by atoms with Crippen LogP contribution in [0.3, 0.4) is 0 Å². The second kappa shape index (κ2) is 9.04. The van der Waals surface area contributed by atoms with Gasteiger partial charge in [0.15, 0.2) is 5.82 Å². The highest BCUT2D eigenvalue weighted by Gasteiger charge is 2.44. The summed E-state index contributed by atoms with van der Waals surface area (Å²) in [6, 6.07) is 11.6. The lowest BCUT2D eigenvalue weighted by Crippen LogP contribution is -2.45. The molecule has 1 aromatic heterocycles. The quantitative estimate of drug-likeness (QED) is 0.673. The zero-order chi connectivity index (χ0) is 21.1. The summed E-state index contributed by atoms with van der Waals surface area (Å²) in [4.78, 5) is 9.07. The smallest absolute Gasteiger partial charge is 0.248 e. The fraction of sp³-hybridized carbons (Fsp3) is 0.565. The van der Waals surface area contributed by atoms with Gasteiger partial charge < -0.3 is 15.5 Å². The summed E-state index contributed by atoms with van der Waals surface area (Å²) < 4.78 is 27.0. The molecule has 0 spiro atoms. The van der Waals surface area contributed by atoms with Crippen molar-refractivity contribution < 1.29 is 19.0 Å². The van der Waals surface area contributed by atoms with Crippen LogP contribution in [0, 0.1) is 11.8 Å². The van der Waals surface area contributed by atoms with Crippen molar-refractivity contribution in [1.29, 1.82) is 0 Å². The molecule has 2 fully saturated rings. The minimum Gasteiger partial charge on any atom is -0.396 e. The van der Waals surface area contributed by atoms with Gasteiger partial charge in [0.1, 0.15) is 0 Å². The second-order valence-electron chi connectivity index (χ2n) is 8.66. The third kappa shape index (κ3) is 4.85. The number of hydrogen-bond acceptors (Lipinski definition) is 5. The molecule has 0 saturated heterocycles. The number of nitrogens with zero attached hydrogens (tertiary/aromatic N) is 2. The number of aliphatic hydroxyl groups is 2. The van der Waals surface area contributed by atoms with Gasteiger partial charge in [0.25, 0.3) is 0 Å². The fourth-order valence-corrected chi connectivity index (χ4v) is 4.92. The van der Waals surface area contributed by atoms with Crippen molar-refractivity contribution in [3.05, 3.63) is 48.3 Å². The van der Waals surface area contributed by atoms with Gasteiger partial charge in [-0.05, 0) is 37.7 Å². The van der Waals surface area contributed by atoms with Crippen LogP contribution in [-0.2, 0) is 6.42 Å². The fourth-order valence-electron chi connectivity index (χ4n) is 4.92. The number of aromatic nitrogens is 2. The molecular weight excluding hydrogens is 388 g/mol. The molecule has 30 heavy (non-hydrogen) atoms. The number of benzene rings is 1. The van der Waals surface area contributed by atoms with Gasteiger partial charge in [0.05, 0.1) is 6.10 Å². The van der Waals surface area contributed by atoms with Crippen LogP contribution < -0.4 is 5.32 Å². The average molecular weight is 418 g/mol. The van der Waals surface area contributed by atoms with Crippen LogP contribution in [0.4, 0.5) is 8.78 Å². The lowest BCUT2D eigenvalue weighted by atomic mass is 9.87. The van der Waals surface area contributed by atoms with Crippen molar-refractivity contribution in [2.24, 2.45) is 11.8 Å². The van der Waals surface area contributed by atoms with E-state index in [1.54, 1.807) is 6.20 Å². The van der Waals surface area contributed by atoms with E-state index in [4.69, 9.17) is 4.98 Å². The van der Waals surface area contributed by atoms with Gasteiger partial charge in [-0.2, -0.15) is 0 Å². The van der Waals surface area contributed by atoms with Crippen LogP contribution in [0.1, 0.15) is 37.8 Å². The van der Waals surface area contributed by atoms with Gasteiger partial charge in [-0.25, -0.2) is 18.7 Å². The molecular formula is C23H29F2N3O2. The minimum atomic E-state index is -2.56. The molecule has 5 nitrogen and oxygen atoms in total. The maximum absolute atomic E-state index is 13.5. The molecule has 0 aliphatic heterocycles. The van der Waals surface area contributed by atoms with Gasteiger partial charge in [-0.15, -0.1) is 0 Å². The van der Waals surface area contributed by atoms with Crippen molar-refractivity contribution in [3.63, 3.8) is 0 Å². The first-order valence-corrected chi connectivity index (χ1v) is 10.8. The molecule has 4 unspecified atom stereocenters. The Bertz CT molecular complexity index is 826. The topological polar surface area (TPSA) is 78.3 Å². The van der Waals surface area contributed by atoms with Crippen LogP contribution in [0.5, 0.6) is 0 Å². The highest BCUT2D eigenvalue weighted by Crippen LogP contribution is 2.38. The number of aliphatic hydroxyl groups excluding tert-OH is 2. The summed E-state index contributed by atoms with van der Waals surface area (Å²) in [7, 11) is 0. The summed E-state index contributed by atoms with van der Waals surface area (Å²) in [6.45, 7) is -0.108. The van der Waals surface area contributed by atoms with E-state index in [-0.39, 0.29) is 43.4 Å². The number of hydrogen-bond donors (Lipinski definition) is 3. The van der Waals surface area contributed by atoms with Crippen molar-refractivity contribution >= 4 is 0 Å². The van der Waals surface area contributed by atoms with Crippen LogP contribution in [0.15, 0.2) is 42.6 Å². The molecule has 2 saturated carbocycles. The molecule has 2 aliphatic carbocycles. The number of alkyl halides is 2. The Kier molecular flexibility index (Phi) is 6.41. The zero-order valence-electron chi connectivity index (χ0n) is 16.9. The Morgan fingerprint density at radius 1 is 1.07 bits per heavy atom. The zero-order valence-corrected chi connectivity index (χ0v) is 16.9. The molecule has 1 heterocycles. The summed E-state index contributed by atoms with van der Waals surface area (Å²) in [6.07, 6.45) is 2.89. The van der Waals surface area contributed by atoms with E-state index in [2.05, 4.69) is 10.3 Å². The third-order valence-corrected chi connectivity index (χ3v) is 6.62. The van der Waals surface area contributed by atoms with Crippen LogP contribution in [-0.4, -0.2) is 50.9 Å². The molecule has 0 radical (unpaired) electrons. The predicted octanol–water partition coefficient (Wildman–Crippen LogP) is 3.21. The first-order chi connectivity index (χ1) is 14.4. The van der Waals surface area contributed by atoms with E-state index in [0.717, 1.165) is 11.3 Å². The summed E-state index contributed by atoms with van der Waals surface area (Å²) in [5.41, 5.74) is 1.78. The van der Waals surface area contributed by atoms with Gasteiger partial charge in [0, 0.05) is 54.9 Å².